The molecule has 2 unspecified atom stereocenters. The van der Waals surface area contributed by atoms with Crippen LogP contribution >= 0.6 is 0 Å². The van der Waals surface area contributed by atoms with E-state index in [9.17, 15) is 13.2 Å². The van der Waals surface area contributed by atoms with Crippen molar-refractivity contribution in [1.82, 2.24) is 5.32 Å². The number of hydrogen-bond donors (Lipinski definition) is 1. The average Bonchev–Trinajstić information content (AvgIpc) is 2.03. The van der Waals surface area contributed by atoms with E-state index in [4.69, 9.17) is 4.74 Å². The van der Waals surface area contributed by atoms with Gasteiger partial charge in [-0.3, -0.25) is 0 Å². The third-order valence-electron chi connectivity index (χ3n) is 2.21. The highest BCUT2D eigenvalue weighted by Gasteiger charge is 2.43. The zero-order valence-corrected chi connectivity index (χ0v) is 7.69. The lowest BCUT2D eigenvalue weighted by molar-refractivity contribution is -0.230. The number of rotatable bonds is 1. The summed E-state index contributed by atoms with van der Waals surface area (Å²) in [7, 11) is 0. The molecule has 1 N–H and O–H groups in total. The maximum atomic E-state index is 12.1. The van der Waals surface area contributed by atoms with E-state index in [2.05, 4.69) is 5.32 Å². The van der Waals surface area contributed by atoms with Crippen LogP contribution in [0.25, 0.3) is 0 Å². The minimum absolute atomic E-state index is 0.0404. The molecule has 1 saturated heterocycles. The molecular formula is C8H14F3NO. The minimum atomic E-state index is -4.24. The van der Waals surface area contributed by atoms with Crippen molar-refractivity contribution in [1.29, 1.82) is 0 Å². The topological polar surface area (TPSA) is 21.3 Å². The first-order valence-corrected chi connectivity index (χ1v) is 4.33. The quantitative estimate of drug-likeness (QED) is 0.688. The van der Waals surface area contributed by atoms with Gasteiger partial charge in [-0.15, -0.1) is 0 Å². The number of nitrogens with one attached hydrogen (secondary N) is 1. The Morgan fingerprint density at radius 3 is 2.31 bits per heavy atom. The zero-order valence-electron chi connectivity index (χ0n) is 7.69. The maximum absolute atomic E-state index is 12.1. The molecule has 1 aliphatic rings. The molecule has 0 aromatic rings. The molecule has 0 saturated carbocycles. The summed E-state index contributed by atoms with van der Waals surface area (Å²) >= 11 is 0. The molecule has 13 heavy (non-hydrogen) atoms. The molecule has 1 heterocycles. The standard InChI is InChI=1S/C8H14F3NO/c1-5(2)6-4-13-7(3-12-6)8(9,10)11/h5-7,12H,3-4H2,1-2H3. The highest BCUT2D eigenvalue weighted by Crippen LogP contribution is 2.25. The second kappa shape index (κ2) is 3.84. The zero-order chi connectivity index (χ0) is 10.1. The van der Waals surface area contributed by atoms with Crippen LogP contribution < -0.4 is 5.32 Å². The molecule has 5 heteroatoms. The Morgan fingerprint density at radius 2 is 2.00 bits per heavy atom. The van der Waals surface area contributed by atoms with Crippen molar-refractivity contribution < 1.29 is 17.9 Å². The fraction of sp³-hybridized carbons (Fsp3) is 1.00. The molecule has 0 spiro atoms. The second-order valence-electron chi connectivity index (χ2n) is 3.62. The lowest BCUT2D eigenvalue weighted by Gasteiger charge is -2.33. The van der Waals surface area contributed by atoms with Crippen LogP contribution in [0.5, 0.6) is 0 Å². The Morgan fingerprint density at radius 1 is 1.38 bits per heavy atom. The van der Waals surface area contributed by atoms with E-state index in [1.165, 1.54) is 0 Å². The number of halogens is 3. The summed E-state index contributed by atoms with van der Waals surface area (Å²) in [5.41, 5.74) is 0. The molecule has 2 nitrogen and oxygen atoms in total. The Kier molecular flexibility index (Phi) is 3.18. The normalized spacial score (nSPS) is 30.9. The molecule has 0 bridgehead atoms. The fourth-order valence-corrected chi connectivity index (χ4v) is 1.23. The SMILES string of the molecule is CC(C)C1COC(C(F)(F)F)CN1. The first kappa shape index (κ1) is 10.8. The Balaban J connectivity index is 2.39. The summed E-state index contributed by atoms with van der Waals surface area (Å²) in [6.45, 7) is 3.91. The van der Waals surface area contributed by atoms with Crippen molar-refractivity contribution in [3.8, 4) is 0 Å². The summed E-state index contributed by atoms with van der Waals surface area (Å²) in [4.78, 5) is 0. The van der Waals surface area contributed by atoms with Gasteiger partial charge in [-0.05, 0) is 5.92 Å². The van der Waals surface area contributed by atoms with E-state index < -0.39 is 12.3 Å². The first-order chi connectivity index (χ1) is 5.91. The van der Waals surface area contributed by atoms with Gasteiger partial charge in [-0.2, -0.15) is 13.2 Å². The van der Waals surface area contributed by atoms with E-state index in [1.54, 1.807) is 0 Å². The van der Waals surface area contributed by atoms with E-state index in [0.29, 0.717) is 5.92 Å². The van der Waals surface area contributed by atoms with Gasteiger partial charge in [0.15, 0.2) is 6.10 Å². The summed E-state index contributed by atoms with van der Waals surface area (Å²) in [5.74, 6) is 0.300. The van der Waals surface area contributed by atoms with Gasteiger partial charge in [0.2, 0.25) is 0 Å². The Bertz CT molecular complexity index is 161. The largest absolute Gasteiger partial charge is 0.415 e. The second-order valence-corrected chi connectivity index (χ2v) is 3.62. The molecular weight excluding hydrogens is 183 g/mol. The van der Waals surface area contributed by atoms with E-state index in [1.807, 2.05) is 13.8 Å². The molecule has 78 valence electrons. The first-order valence-electron chi connectivity index (χ1n) is 4.33. The molecule has 0 aromatic carbocycles. The smallest absolute Gasteiger partial charge is 0.366 e. The van der Waals surface area contributed by atoms with Crippen LogP contribution in [0.3, 0.4) is 0 Å². The van der Waals surface area contributed by atoms with Gasteiger partial charge in [0.25, 0.3) is 0 Å². The van der Waals surface area contributed by atoms with E-state index in [0.717, 1.165) is 0 Å². The molecule has 1 rings (SSSR count). The van der Waals surface area contributed by atoms with Crippen LogP contribution in [0.2, 0.25) is 0 Å². The van der Waals surface area contributed by atoms with E-state index >= 15 is 0 Å². The molecule has 0 aromatic heterocycles. The Labute approximate surface area is 75.4 Å². The van der Waals surface area contributed by atoms with Crippen LogP contribution in [-0.2, 0) is 4.74 Å². The number of morpholine rings is 1. The monoisotopic (exact) mass is 197 g/mol. The molecule has 1 aliphatic heterocycles. The predicted molar refractivity (Wildman–Crippen MR) is 42.4 cm³/mol. The van der Waals surface area contributed by atoms with Crippen LogP contribution in [-0.4, -0.2) is 31.5 Å². The Hall–Kier alpha value is -0.290. The summed E-state index contributed by atoms with van der Waals surface area (Å²) in [5, 5.41) is 2.83. The van der Waals surface area contributed by atoms with Gasteiger partial charge < -0.3 is 10.1 Å². The molecule has 2 atom stereocenters. The average molecular weight is 197 g/mol. The van der Waals surface area contributed by atoms with Gasteiger partial charge in [0, 0.05) is 12.6 Å². The molecule has 0 amide bonds. The highest BCUT2D eigenvalue weighted by molar-refractivity contribution is 4.81. The molecule has 0 aliphatic carbocycles. The van der Waals surface area contributed by atoms with Crippen LogP contribution in [0, 0.1) is 5.92 Å². The van der Waals surface area contributed by atoms with Crippen molar-refractivity contribution in [3.05, 3.63) is 0 Å². The minimum Gasteiger partial charge on any atom is -0.366 e. The van der Waals surface area contributed by atoms with Crippen molar-refractivity contribution in [2.45, 2.75) is 32.2 Å². The summed E-state index contributed by atoms with van der Waals surface area (Å²) < 4.78 is 41.0. The number of alkyl halides is 3. The molecule has 1 fully saturated rings. The number of hydrogen-bond acceptors (Lipinski definition) is 2. The highest BCUT2D eigenvalue weighted by atomic mass is 19.4. The van der Waals surface area contributed by atoms with Gasteiger partial charge in [0.05, 0.1) is 6.61 Å². The lowest BCUT2D eigenvalue weighted by atomic mass is 10.0. The third kappa shape index (κ3) is 2.84. The van der Waals surface area contributed by atoms with Crippen molar-refractivity contribution in [3.63, 3.8) is 0 Å². The van der Waals surface area contributed by atoms with Gasteiger partial charge >= 0.3 is 6.18 Å². The van der Waals surface area contributed by atoms with E-state index in [-0.39, 0.29) is 19.2 Å². The van der Waals surface area contributed by atoms with Crippen molar-refractivity contribution in [2.24, 2.45) is 5.92 Å². The van der Waals surface area contributed by atoms with Gasteiger partial charge in [0.1, 0.15) is 0 Å². The third-order valence-corrected chi connectivity index (χ3v) is 2.21. The van der Waals surface area contributed by atoms with Crippen LogP contribution in [0.15, 0.2) is 0 Å². The predicted octanol–water partition coefficient (Wildman–Crippen LogP) is 1.56. The van der Waals surface area contributed by atoms with Gasteiger partial charge in [-0.1, -0.05) is 13.8 Å². The lowest BCUT2D eigenvalue weighted by Crippen LogP contribution is -2.53. The fourth-order valence-electron chi connectivity index (χ4n) is 1.23. The summed E-state index contributed by atoms with van der Waals surface area (Å²) in [6, 6.07) is 0.0404. The number of ether oxygens (including phenoxy) is 1. The van der Waals surface area contributed by atoms with Crippen molar-refractivity contribution >= 4 is 0 Å². The van der Waals surface area contributed by atoms with Gasteiger partial charge in [-0.25, -0.2) is 0 Å². The molecule has 0 radical (unpaired) electrons. The van der Waals surface area contributed by atoms with Crippen LogP contribution in [0.4, 0.5) is 13.2 Å². The van der Waals surface area contributed by atoms with Crippen LogP contribution in [0.1, 0.15) is 13.8 Å². The maximum Gasteiger partial charge on any atom is 0.415 e. The van der Waals surface area contributed by atoms with Crippen molar-refractivity contribution in [2.75, 3.05) is 13.2 Å². The summed E-state index contributed by atoms with van der Waals surface area (Å²) in [6.07, 6.45) is -5.88.